The normalized spacial score (nSPS) is 12.3. The van der Waals surface area contributed by atoms with Gasteiger partial charge in [0.25, 0.3) is 0 Å². The van der Waals surface area contributed by atoms with Crippen LogP contribution >= 0.6 is 0 Å². The van der Waals surface area contributed by atoms with Crippen molar-refractivity contribution in [3.05, 3.63) is 89.2 Å². The van der Waals surface area contributed by atoms with Gasteiger partial charge >= 0.3 is 0 Å². The van der Waals surface area contributed by atoms with Crippen LogP contribution in [0.1, 0.15) is 27.9 Å². The molecule has 0 radical (unpaired) electrons. The number of carbonyl (C=O) groups excluding carboxylic acids is 1. The number of nitrogens with zero attached hydrogens (tertiary/aromatic N) is 1. The predicted molar refractivity (Wildman–Crippen MR) is 101 cm³/mol. The molecule has 144 valence electrons. The topological polar surface area (TPSA) is 48.4 Å². The Hall–Kier alpha value is -3.28. The third-order valence-electron chi connectivity index (χ3n) is 4.16. The molecule has 1 aliphatic heterocycles. The minimum atomic E-state index is -0.542. The van der Waals surface area contributed by atoms with Gasteiger partial charge in [0, 0.05) is 24.4 Å². The van der Waals surface area contributed by atoms with Gasteiger partial charge in [-0.3, -0.25) is 9.78 Å². The number of Topliss-reactive ketones (excluding diaryl/α,β-unsaturated/α-hetero) is 1. The summed E-state index contributed by atoms with van der Waals surface area (Å²) >= 11 is 0. The van der Waals surface area contributed by atoms with E-state index in [0.29, 0.717) is 23.5 Å². The first kappa shape index (κ1) is 19.5. The number of ketones is 1. The smallest absolute Gasteiger partial charge is 0.170 e. The van der Waals surface area contributed by atoms with Crippen molar-refractivity contribution in [1.82, 2.24) is 4.98 Å². The highest BCUT2D eigenvalue weighted by molar-refractivity contribution is 6.00. The highest BCUT2D eigenvalue weighted by Crippen LogP contribution is 2.37. The number of hydrogen-bond donors (Lipinski definition) is 0. The van der Waals surface area contributed by atoms with Crippen LogP contribution in [0, 0.1) is 18.6 Å². The van der Waals surface area contributed by atoms with Gasteiger partial charge in [0.1, 0.15) is 18.2 Å². The van der Waals surface area contributed by atoms with Crippen molar-refractivity contribution in [2.24, 2.45) is 0 Å². The summed E-state index contributed by atoms with van der Waals surface area (Å²) in [5.74, 6) is -0.266. The largest absolute Gasteiger partial charge is 0.492 e. The van der Waals surface area contributed by atoms with Gasteiger partial charge < -0.3 is 9.47 Å². The summed E-state index contributed by atoms with van der Waals surface area (Å²) < 4.78 is 37.1. The number of fused-ring (bicyclic) bond motifs is 1. The molecule has 0 N–H and O–H groups in total. The number of carbonyl (C=O) groups is 1. The van der Waals surface area contributed by atoms with Crippen molar-refractivity contribution in [2.45, 2.75) is 20.0 Å². The summed E-state index contributed by atoms with van der Waals surface area (Å²) in [6.07, 6.45) is 3.58. The molecule has 4 rings (SSSR count). The SMILES string of the molecule is Cc1c(OCc2ccncc2)c(F)cc2c1OCCC2=O.Fc1ccccc1. The van der Waals surface area contributed by atoms with Crippen LogP contribution in [0.15, 0.2) is 60.9 Å². The fourth-order valence-electron chi connectivity index (χ4n) is 2.74. The average Bonchev–Trinajstić information content (AvgIpc) is 2.71. The highest BCUT2D eigenvalue weighted by atomic mass is 19.1. The van der Waals surface area contributed by atoms with Gasteiger partial charge in [-0.25, -0.2) is 8.78 Å². The Morgan fingerprint density at radius 1 is 1.11 bits per heavy atom. The Bertz CT molecular complexity index is 947. The summed E-state index contributed by atoms with van der Waals surface area (Å²) in [6.45, 7) is 2.25. The molecule has 0 aliphatic carbocycles. The second-order valence-corrected chi connectivity index (χ2v) is 6.15. The van der Waals surface area contributed by atoms with E-state index in [0.717, 1.165) is 5.56 Å². The van der Waals surface area contributed by atoms with Gasteiger partial charge in [0.2, 0.25) is 0 Å². The molecule has 4 nitrogen and oxygen atoms in total. The van der Waals surface area contributed by atoms with E-state index in [1.807, 2.05) is 0 Å². The quantitative estimate of drug-likeness (QED) is 0.646. The lowest BCUT2D eigenvalue weighted by Gasteiger charge is -2.21. The van der Waals surface area contributed by atoms with Crippen LogP contribution < -0.4 is 9.47 Å². The standard InChI is InChI=1S/C16H14FNO3.C6H5F/c1-10-15-12(14(19)4-7-20-15)8-13(17)16(10)21-9-11-2-5-18-6-3-11;7-6-4-2-1-3-5-6/h2-3,5-6,8H,4,7,9H2,1H3;1-5H. The molecule has 3 aromatic rings. The van der Waals surface area contributed by atoms with E-state index in [1.54, 1.807) is 49.6 Å². The third kappa shape index (κ3) is 4.71. The molecule has 0 spiro atoms. The molecule has 1 aromatic heterocycles. The molecule has 0 saturated carbocycles. The highest BCUT2D eigenvalue weighted by Gasteiger charge is 2.25. The second-order valence-electron chi connectivity index (χ2n) is 6.15. The van der Waals surface area contributed by atoms with Crippen LogP contribution in [-0.2, 0) is 6.61 Å². The third-order valence-corrected chi connectivity index (χ3v) is 4.16. The van der Waals surface area contributed by atoms with E-state index in [-0.39, 0.29) is 30.4 Å². The summed E-state index contributed by atoms with van der Waals surface area (Å²) in [7, 11) is 0. The van der Waals surface area contributed by atoms with Gasteiger partial charge in [-0.1, -0.05) is 18.2 Å². The van der Waals surface area contributed by atoms with Gasteiger partial charge in [0.05, 0.1) is 12.2 Å². The van der Waals surface area contributed by atoms with Gasteiger partial charge in [0.15, 0.2) is 17.3 Å². The van der Waals surface area contributed by atoms with E-state index in [2.05, 4.69) is 4.98 Å². The molecule has 28 heavy (non-hydrogen) atoms. The van der Waals surface area contributed by atoms with Gasteiger partial charge in [-0.15, -0.1) is 0 Å². The van der Waals surface area contributed by atoms with Crippen LogP contribution in [-0.4, -0.2) is 17.4 Å². The molecule has 0 amide bonds. The molecule has 2 aromatic carbocycles. The number of benzene rings is 2. The molecule has 0 unspecified atom stereocenters. The summed E-state index contributed by atoms with van der Waals surface area (Å²) in [4.78, 5) is 15.7. The molecule has 1 aliphatic rings. The Kier molecular flexibility index (Phi) is 6.32. The number of pyridine rings is 1. The zero-order valence-electron chi connectivity index (χ0n) is 15.3. The van der Waals surface area contributed by atoms with E-state index in [1.165, 1.54) is 18.2 Å². The Morgan fingerprint density at radius 2 is 1.82 bits per heavy atom. The molecule has 0 atom stereocenters. The molecular formula is C22H19F2NO3. The Morgan fingerprint density at radius 3 is 2.46 bits per heavy atom. The molecule has 0 saturated heterocycles. The monoisotopic (exact) mass is 383 g/mol. The van der Waals surface area contributed by atoms with Crippen molar-refractivity contribution in [3.63, 3.8) is 0 Å². The zero-order chi connectivity index (χ0) is 19.9. The minimum absolute atomic E-state index is 0.0982. The molecule has 2 heterocycles. The molecule has 0 bridgehead atoms. The van der Waals surface area contributed by atoms with Crippen molar-refractivity contribution < 1.29 is 23.0 Å². The van der Waals surface area contributed by atoms with E-state index >= 15 is 0 Å². The number of halogens is 2. The van der Waals surface area contributed by atoms with Gasteiger partial charge in [-0.05, 0) is 42.8 Å². The van der Waals surface area contributed by atoms with Crippen LogP contribution in [0.25, 0.3) is 0 Å². The lowest BCUT2D eigenvalue weighted by Crippen LogP contribution is -2.17. The molecule has 0 fully saturated rings. The predicted octanol–water partition coefficient (Wildman–Crippen LogP) is 4.90. The number of hydrogen-bond acceptors (Lipinski definition) is 4. The fraction of sp³-hybridized carbons (Fsp3) is 0.182. The van der Waals surface area contributed by atoms with E-state index in [9.17, 15) is 13.6 Å². The molecular weight excluding hydrogens is 364 g/mol. The second kappa shape index (κ2) is 9.08. The fourth-order valence-corrected chi connectivity index (χ4v) is 2.74. The molecule has 6 heteroatoms. The Labute approximate surface area is 161 Å². The number of rotatable bonds is 3. The van der Waals surface area contributed by atoms with Crippen molar-refractivity contribution in [1.29, 1.82) is 0 Å². The maximum absolute atomic E-state index is 14.2. The first-order valence-electron chi connectivity index (χ1n) is 8.77. The maximum Gasteiger partial charge on any atom is 0.170 e. The lowest BCUT2D eigenvalue weighted by molar-refractivity contribution is 0.0931. The number of aromatic nitrogens is 1. The lowest BCUT2D eigenvalue weighted by atomic mass is 10.0. The van der Waals surface area contributed by atoms with Crippen molar-refractivity contribution in [3.8, 4) is 11.5 Å². The van der Waals surface area contributed by atoms with Crippen molar-refractivity contribution >= 4 is 5.78 Å². The Balaban J connectivity index is 0.000000271. The summed E-state index contributed by atoms with van der Waals surface area (Å²) in [5, 5.41) is 0. The van der Waals surface area contributed by atoms with Crippen molar-refractivity contribution in [2.75, 3.05) is 6.61 Å². The van der Waals surface area contributed by atoms with Crippen LogP contribution in [0.5, 0.6) is 11.5 Å². The van der Waals surface area contributed by atoms with Crippen LogP contribution in [0.2, 0.25) is 0 Å². The first-order chi connectivity index (χ1) is 13.6. The zero-order valence-corrected chi connectivity index (χ0v) is 15.3. The van der Waals surface area contributed by atoms with E-state index < -0.39 is 5.82 Å². The average molecular weight is 383 g/mol. The van der Waals surface area contributed by atoms with Crippen LogP contribution in [0.4, 0.5) is 8.78 Å². The summed E-state index contributed by atoms with van der Waals surface area (Å²) in [5.41, 5.74) is 1.71. The minimum Gasteiger partial charge on any atom is -0.492 e. The first-order valence-corrected chi connectivity index (χ1v) is 8.77. The number of ether oxygens (including phenoxy) is 2. The van der Waals surface area contributed by atoms with Crippen LogP contribution in [0.3, 0.4) is 0 Å². The maximum atomic E-state index is 14.2. The van der Waals surface area contributed by atoms with Gasteiger partial charge in [-0.2, -0.15) is 0 Å². The summed E-state index contributed by atoms with van der Waals surface area (Å²) in [6, 6.07) is 12.7. The van der Waals surface area contributed by atoms with E-state index in [4.69, 9.17) is 9.47 Å².